The van der Waals surface area contributed by atoms with Crippen LogP contribution in [0.5, 0.6) is 0 Å². The maximum atomic E-state index is 12.0. The van der Waals surface area contributed by atoms with E-state index in [1.54, 1.807) is 6.20 Å². The molecule has 1 aromatic heterocycles. The Morgan fingerprint density at radius 1 is 1.48 bits per heavy atom. The second-order valence-electron chi connectivity index (χ2n) is 6.62. The highest BCUT2D eigenvalue weighted by molar-refractivity contribution is 5.75. The lowest BCUT2D eigenvalue weighted by atomic mass is 10.2. The van der Waals surface area contributed by atoms with E-state index < -0.39 is 0 Å². The number of morpholine rings is 1. The fourth-order valence-corrected chi connectivity index (χ4v) is 2.76. The minimum Gasteiger partial charge on any atom is -0.374 e. The third kappa shape index (κ3) is 5.80. The van der Waals surface area contributed by atoms with E-state index in [2.05, 4.69) is 24.1 Å². The van der Waals surface area contributed by atoms with Crippen LogP contribution in [0, 0.1) is 12.8 Å². The van der Waals surface area contributed by atoms with Gasteiger partial charge in [-0.2, -0.15) is 0 Å². The first kappa shape index (κ1) is 17.7. The van der Waals surface area contributed by atoms with Gasteiger partial charge in [-0.25, -0.2) is 0 Å². The molecule has 1 saturated heterocycles. The number of nitrogens with zero attached hydrogens (tertiary/aromatic N) is 2. The van der Waals surface area contributed by atoms with E-state index in [0.29, 0.717) is 19.1 Å². The van der Waals surface area contributed by atoms with Gasteiger partial charge >= 0.3 is 0 Å². The molecule has 23 heavy (non-hydrogen) atoms. The van der Waals surface area contributed by atoms with Gasteiger partial charge in [-0.1, -0.05) is 13.8 Å². The number of carbonyl (C=O) groups excluding carboxylic acids is 1. The second kappa shape index (κ2) is 8.26. The first-order valence-electron chi connectivity index (χ1n) is 8.22. The van der Waals surface area contributed by atoms with E-state index in [0.717, 1.165) is 25.2 Å². The predicted octanol–water partition coefficient (Wildman–Crippen LogP) is 0.630. The summed E-state index contributed by atoms with van der Waals surface area (Å²) in [5.74, 6) is 0.456. The average Bonchev–Trinajstić information content (AvgIpc) is 2.48. The summed E-state index contributed by atoms with van der Waals surface area (Å²) in [6.45, 7) is 10.3. The molecule has 0 saturated carbocycles. The molecule has 128 valence electrons. The molecule has 0 bridgehead atoms. The van der Waals surface area contributed by atoms with E-state index in [1.807, 2.05) is 13.0 Å². The number of aryl methyl sites for hydroxylation is 1. The lowest BCUT2D eigenvalue weighted by molar-refractivity contribution is -0.123. The molecule has 1 N–H and O–H groups in total. The summed E-state index contributed by atoms with van der Waals surface area (Å²) in [5.41, 5.74) is 0.740. The van der Waals surface area contributed by atoms with Crippen LogP contribution in [0.2, 0.25) is 0 Å². The molecule has 0 radical (unpaired) electrons. The van der Waals surface area contributed by atoms with Gasteiger partial charge in [0.25, 0.3) is 5.56 Å². The highest BCUT2D eigenvalue weighted by Crippen LogP contribution is 2.07. The van der Waals surface area contributed by atoms with Crippen LogP contribution < -0.4 is 10.9 Å². The molecule has 0 aromatic carbocycles. The number of nitrogens with one attached hydrogen (secondary N) is 1. The molecule has 0 spiro atoms. The van der Waals surface area contributed by atoms with Crippen LogP contribution in [-0.2, 0) is 16.1 Å². The molecule has 0 unspecified atom stereocenters. The summed E-state index contributed by atoms with van der Waals surface area (Å²) in [6, 6.07) is 3.35. The fourth-order valence-electron chi connectivity index (χ4n) is 2.76. The number of hydrogen-bond donors (Lipinski definition) is 1. The Kier molecular flexibility index (Phi) is 6.36. The predicted molar refractivity (Wildman–Crippen MR) is 89.5 cm³/mol. The molecular weight excluding hydrogens is 294 g/mol. The van der Waals surface area contributed by atoms with E-state index in [-0.39, 0.29) is 24.1 Å². The number of ether oxygens (including phenoxy) is 1. The standard InChI is InChI=1S/C17H27N3O3/c1-13(2)10-19-6-7-23-15(11-19)9-18-16(21)12-20-5-4-14(3)8-17(20)22/h4-5,8,13,15H,6-7,9-12H2,1-3H3,(H,18,21)/t15-/m0/s1. The Morgan fingerprint density at radius 3 is 2.96 bits per heavy atom. The van der Waals surface area contributed by atoms with E-state index >= 15 is 0 Å². The smallest absolute Gasteiger partial charge is 0.251 e. The van der Waals surface area contributed by atoms with Gasteiger partial charge in [-0.15, -0.1) is 0 Å². The van der Waals surface area contributed by atoms with Gasteiger partial charge in [-0.05, 0) is 24.5 Å². The van der Waals surface area contributed by atoms with Gasteiger partial charge in [0.1, 0.15) is 6.54 Å². The summed E-state index contributed by atoms with van der Waals surface area (Å²) >= 11 is 0. The van der Waals surface area contributed by atoms with Crippen LogP contribution in [0.1, 0.15) is 19.4 Å². The molecule has 1 amide bonds. The van der Waals surface area contributed by atoms with Crippen molar-refractivity contribution in [1.29, 1.82) is 0 Å². The average molecular weight is 321 g/mol. The Bertz CT molecular complexity index is 583. The number of pyridine rings is 1. The first-order chi connectivity index (χ1) is 10.9. The van der Waals surface area contributed by atoms with Crippen LogP contribution in [0.15, 0.2) is 23.1 Å². The molecule has 1 aliphatic rings. The Morgan fingerprint density at radius 2 is 2.26 bits per heavy atom. The highest BCUT2D eigenvalue weighted by atomic mass is 16.5. The van der Waals surface area contributed by atoms with Gasteiger partial charge in [-0.3, -0.25) is 14.5 Å². The highest BCUT2D eigenvalue weighted by Gasteiger charge is 2.21. The molecule has 1 aromatic rings. The van der Waals surface area contributed by atoms with Crippen molar-refractivity contribution in [2.24, 2.45) is 5.92 Å². The molecule has 2 heterocycles. The summed E-state index contributed by atoms with van der Waals surface area (Å²) in [7, 11) is 0. The SMILES string of the molecule is Cc1ccn(CC(=O)NC[C@H]2CN(CC(C)C)CCO2)c(=O)c1. The fraction of sp³-hybridized carbons (Fsp3) is 0.647. The van der Waals surface area contributed by atoms with Gasteiger partial charge in [0, 0.05) is 38.4 Å². The maximum Gasteiger partial charge on any atom is 0.251 e. The normalized spacial score (nSPS) is 19.0. The molecule has 0 aliphatic carbocycles. The van der Waals surface area contributed by atoms with Crippen molar-refractivity contribution in [2.45, 2.75) is 33.4 Å². The van der Waals surface area contributed by atoms with Crippen molar-refractivity contribution < 1.29 is 9.53 Å². The number of aromatic nitrogens is 1. The van der Waals surface area contributed by atoms with E-state index in [1.165, 1.54) is 10.6 Å². The van der Waals surface area contributed by atoms with Crippen LogP contribution in [-0.4, -0.2) is 54.3 Å². The number of rotatable bonds is 6. The zero-order valence-corrected chi connectivity index (χ0v) is 14.2. The first-order valence-corrected chi connectivity index (χ1v) is 8.22. The van der Waals surface area contributed by atoms with Crippen LogP contribution in [0.3, 0.4) is 0 Å². The van der Waals surface area contributed by atoms with Gasteiger partial charge in [0.2, 0.25) is 5.91 Å². The Labute approximate surface area is 137 Å². The molecule has 2 rings (SSSR count). The Hall–Kier alpha value is -1.66. The van der Waals surface area contributed by atoms with Crippen LogP contribution >= 0.6 is 0 Å². The third-order valence-corrected chi connectivity index (χ3v) is 3.84. The summed E-state index contributed by atoms with van der Waals surface area (Å²) in [5, 5.41) is 2.87. The zero-order chi connectivity index (χ0) is 16.8. The summed E-state index contributed by atoms with van der Waals surface area (Å²) in [6.07, 6.45) is 1.67. The van der Waals surface area contributed by atoms with Crippen molar-refractivity contribution in [3.63, 3.8) is 0 Å². The monoisotopic (exact) mass is 321 g/mol. The number of carbonyl (C=O) groups is 1. The van der Waals surface area contributed by atoms with E-state index in [9.17, 15) is 9.59 Å². The van der Waals surface area contributed by atoms with Gasteiger partial charge < -0.3 is 14.6 Å². The van der Waals surface area contributed by atoms with Crippen molar-refractivity contribution in [1.82, 2.24) is 14.8 Å². The van der Waals surface area contributed by atoms with Crippen molar-refractivity contribution in [3.8, 4) is 0 Å². The lowest BCUT2D eigenvalue weighted by Gasteiger charge is -2.33. The summed E-state index contributed by atoms with van der Waals surface area (Å²) < 4.78 is 7.12. The maximum absolute atomic E-state index is 12.0. The molecule has 1 fully saturated rings. The molecular formula is C17H27N3O3. The number of amides is 1. The van der Waals surface area contributed by atoms with E-state index in [4.69, 9.17) is 4.74 Å². The molecule has 1 atom stereocenters. The number of hydrogen-bond acceptors (Lipinski definition) is 4. The Balaban J connectivity index is 1.78. The lowest BCUT2D eigenvalue weighted by Crippen LogP contribution is -2.48. The molecule has 6 nitrogen and oxygen atoms in total. The second-order valence-corrected chi connectivity index (χ2v) is 6.62. The third-order valence-electron chi connectivity index (χ3n) is 3.84. The summed E-state index contributed by atoms with van der Waals surface area (Å²) in [4.78, 5) is 26.2. The largest absolute Gasteiger partial charge is 0.374 e. The van der Waals surface area contributed by atoms with Crippen molar-refractivity contribution in [2.75, 3.05) is 32.8 Å². The molecule has 6 heteroatoms. The van der Waals surface area contributed by atoms with Gasteiger partial charge in [0.15, 0.2) is 0 Å². The quantitative estimate of drug-likeness (QED) is 0.835. The van der Waals surface area contributed by atoms with Gasteiger partial charge in [0.05, 0.1) is 12.7 Å². The van der Waals surface area contributed by atoms with Crippen molar-refractivity contribution >= 4 is 5.91 Å². The van der Waals surface area contributed by atoms with Crippen LogP contribution in [0.4, 0.5) is 0 Å². The van der Waals surface area contributed by atoms with Crippen molar-refractivity contribution in [3.05, 3.63) is 34.2 Å². The molecule has 1 aliphatic heterocycles. The minimum absolute atomic E-state index is 0.0150. The zero-order valence-electron chi connectivity index (χ0n) is 14.2. The minimum atomic E-state index is -0.166. The topological polar surface area (TPSA) is 63.6 Å². The van der Waals surface area contributed by atoms with Crippen LogP contribution in [0.25, 0.3) is 0 Å².